The van der Waals surface area contributed by atoms with Crippen molar-refractivity contribution >= 4 is 58.6 Å². The first-order chi connectivity index (χ1) is 8.54. The Morgan fingerprint density at radius 3 is 1.33 bits per heavy atom. The molecule has 1 aromatic rings. The minimum Gasteiger partial charge on any atom is -0.211 e. The van der Waals surface area contributed by atoms with Crippen LogP contribution in [0.5, 0.6) is 0 Å². The van der Waals surface area contributed by atoms with Crippen LogP contribution in [0.2, 0.25) is 20.1 Å². The highest BCUT2D eigenvalue weighted by atomic mass is 35.5. The summed E-state index contributed by atoms with van der Waals surface area (Å²) >= 11 is 23.7. The van der Waals surface area contributed by atoms with Crippen LogP contribution in [0.3, 0.4) is 0 Å². The second-order valence-corrected chi connectivity index (χ2v) is 4.54. The van der Waals surface area contributed by atoms with Gasteiger partial charge in [0.25, 0.3) is 0 Å². The molecule has 0 aromatic heterocycles. The molecule has 1 aromatic carbocycles. The number of benzene rings is 1. The highest BCUT2D eigenvalue weighted by Crippen LogP contribution is 2.42. The van der Waals surface area contributed by atoms with E-state index in [4.69, 9.17) is 46.4 Å². The van der Waals surface area contributed by atoms with Gasteiger partial charge in [-0.05, 0) is 0 Å². The van der Waals surface area contributed by atoms with Crippen LogP contribution in [-0.4, -0.2) is 12.2 Å². The maximum Gasteiger partial charge on any atom is 0.235 e. The standard InChI is InChI=1S/C10H4Cl4N2O2/c11-7-5(1-15-3-17)6(2-16-4-18)8(12)10(14)9(7)13/h1-2H2. The minimum atomic E-state index is -0.0807. The summed E-state index contributed by atoms with van der Waals surface area (Å²) in [5.74, 6) is 0. The van der Waals surface area contributed by atoms with E-state index in [2.05, 4.69) is 9.98 Å². The molecule has 0 amide bonds. The van der Waals surface area contributed by atoms with E-state index in [-0.39, 0.29) is 33.2 Å². The van der Waals surface area contributed by atoms with Gasteiger partial charge in [-0.2, -0.15) is 0 Å². The zero-order chi connectivity index (χ0) is 13.7. The van der Waals surface area contributed by atoms with Crippen LogP contribution >= 0.6 is 46.4 Å². The van der Waals surface area contributed by atoms with Gasteiger partial charge in [0.05, 0.1) is 33.2 Å². The van der Waals surface area contributed by atoms with Crippen molar-refractivity contribution in [2.75, 3.05) is 0 Å². The number of halogens is 4. The maximum atomic E-state index is 10.1. The molecule has 0 fully saturated rings. The number of hydrogen-bond acceptors (Lipinski definition) is 4. The van der Waals surface area contributed by atoms with Crippen LogP contribution in [-0.2, 0) is 22.7 Å². The molecule has 0 aliphatic rings. The molecular formula is C10H4Cl4N2O2. The first-order valence-electron chi connectivity index (χ1n) is 4.45. The Morgan fingerprint density at radius 1 is 0.722 bits per heavy atom. The number of rotatable bonds is 4. The summed E-state index contributed by atoms with van der Waals surface area (Å²) < 4.78 is 0. The number of nitrogens with zero attached hydrogens (tertiary/aromatic N) is 2. The molecule has 0 saturated carbocycles. The summed E-state index contributed by atoms with van der Waals surface area (Å²) in [5.41, 5.74) is 0.747. The van der Waals surface area contributed by atoms with Gasteiger partial charge in [0.2, 0.25) is 12.2 Å². The molecule has 0 heterocycles. The van der Waals surface area contributed by atoms with Crippen molar-refractivity contribution in [1.82, 2.24) is 0 Å². The first kappa shape index (κ1) is 15.2. The average molecular weight is 326 g/mol. The third-order valence-electron chi connectivity index (χ3n) is 2.08. The fourth-order valence-electron chi connectivity index (χ4n) is 1.27. The van der Waals surface area contributed by atoms with Crippen LogP contribution in [0.25, 0.3) is 0 Å². The highest BCUT2D eigenvalue weighted by Gasteiger charge is 2.19. The van der Waals surface area contributed by atoms with Gasteiger partial charge in [-0.25, -0.2) is 19.6 Å². The molecule has 4 nitrogen and oxygen atoms in total. The molecule has 8 heteroatoms. The van der Waals surface area contributed by atoms with E-state index in [1.54, 1.807) is 0 Å². The molecule has 0 N–H and O–H groups in total. The number of carbonyl (C=O) groups excluding carboxylic acids is 2. The van der Waals surface area contributed by atoms with Gasteiger partial charge < -0.3 is 0 Å². The third-order valence-corrected chi connectivity index (χ3v) is 3.96. The van der Waals surface area contributed by atoms with Gasteiger partial charge in [0.1, 0.15) is 0 Å². The van der Waals surface area contributed by atoms with Crippen LogP contribution < -0.4 is 0 Å². The lowest BCUT2D eigenvalue weighted by atomic mass is 10.1. The van der Waals surface area contributed by atoms with E-state index >= 15 is 0 Å². The summed E-state index contributed by atoms with van der Waals surface area (Å²) in [5, 5.41) is 0.332. The molecule has 94 valence electrons. The van der Waals surface area contributed by atoms with Gasteiger partial charge >= 0.3 is 0 Å². The molecule has 0 aliphatic heterocycles. The highest BCUT2D eigenvalue weighted by molar-refractivity contribution is 6.52. The van der Waals surface area contributed by atoms with Gasteiger partial charge in [0, 0.05) is 11.1 Å². The fraction of sp³-hybridized carbons (Fsp3) is 0.200. The Hall–Kier alpha value is -0.860. The molecule has 0 aliphatic carbocycles. The van der Waals surface area contributed by atoms with E-state index in [1.807, 2.05) is 0 Å². The Labute approximate surface area is 122 Å². The van der Waals surface area contributed by atoms with Crippen molar-refractivity contribution in [1.29, 1.82) is 0 Å². The number of aliphatic imine (C=N–C) groups is 2. The SMILES string of the molecule is O=C=NCc1c(Cl)c(Cl)c(Cl)c(Cl)c1CN=C=O. The molecular weight excluding hydrogens is 322 g/mol. The van der Waals surface area contributed by atoms with E-state index in [9.17, 15) is 9.59 Å². The van der Waals surface area contributed by atoms with Crippen LogP contribution in [0.15, 0.2) is 9.98 Å². The molecule has 0 bridgehead atoms. The molecule has 1 rings (SSSR count). The molecule has 0 unspecified atom stereocenters. The zero-order valence-electron chi connectivity index (χ0n) is 8.64. The summed E-state index contributed by atoms with van der Waals surface area (Å²) in [6.07, 6.45) is 2.74. The van der Waals surface area contributed by atoms with E-state index in [0.717, 1.165) is 0 Å². The van der Waals surface area contributed by atoms with Gasteiger partial charge in [0.15, 0.2) is 0 Å². The summed E-state index contributed by atoms with van der Waals surface area (Å²) in [4.78, 5) is 27.1. The predicted molar refractivity (Wildman–Crippen MR) is 70.1 cm³/mol. The van der Waals surface area contributed by atoms with E-state index in [0.29, 0.717) is 11.1 Å². The van der Waals surface area contributed by atoms with Crippen molar-refractivity contribution in [3.05, 3.63) is 31.2 Å². The van der Waals surface area contributed by atoms with E-state index < -0.39 is 0 Å². The van der Waals surface area contributed by atoms with Crippen molar-refractivity contribution in [2.24, 2.45) is 9.98 Å². The van der Waals surface area contributed by atoms with Crippen LogP contribution in [0, 0.1) is 0 Å². The Balaban J connectivity index is 3.51. The normalized spacial score (nSPS) is 9.56. The van der Waals surface area contributed by atoms with Gasteiger partial charge in [-0.1, -0.05) is 46.4 Å². The molecule has 0 saturated heterocycles. The van der Waals surface area contributed by atoms with E-state index in [1.165, 1.54) is 12.2 Å². The van der Waals surface area contributed by atoms with Gasteiger partial charge in [-0.3, -0.25) is 0 Å². The zero-order valence-corrected chi connectivity index (χ0v) is 11.7. The van der Waals surface area contributed by atoms with Crippen LogP contribution in [0.1, 0.15) is 11.1 Å². The fourth-order valence-corrected chi connectivity index (χ4v) is 2.33. The van der Waals surface area contributed by atoms with Crippen molar-refractivity contribution in [3.8, 4) is 0 Å². The Morgan fingerprint density at radius 2 is 1.06 bits per heavy atom. The first-order valence-corrected chi connectivity index (χ1v) is 5.96. The summed E-state index contributed by atoms with van der Waals surface area (Å²) in [6, 6.07) is 0. The number of hydrogen-bond donors (Lipinski definition) is 0. The Bertz CT molecular complexity index is 525. The minimum absolute atomic E-state index is 0.0539. The van der Waals surface area contributed by atoms with Crippen molar-refractivity contribution in [3.63, 3.8) is 0 Å². The van der Waals surface area contributed by atoms with Gasteiger partial charge in [-0.15, -0.1) is 0 Å². The van der Waals surface area contributed by atoms with Crippen molar-refractivity contribution < 1.29 is 9.59 Å². The smallest absolute Gasteiger partial charge is 0.211 e. The third kappa shape index (κ3) is 3.12. The van der Waals surface area contributed by atoms with Crippen molar-refractivity contribution in [2.45, 2.75) is 13.1 Å². The predicted octanol–water partition coefficient (Wildman–Crippen LogP) is 3.97. The summed E-state index contributed by atoms with van der Waals surface area (Å²) in [7, 11) is 0. The largest absolute Gasteiger partial charge is 0.235 e. The molecule has 0 radical (unpaired) electrons. The van der Waals surface area contributed by atoms with Crippen LogP contribution in [0.4, 0.5) is 0 Å². The maximum absolute atomic E-state index is 10.1. The monoisotopic (exact) mass is 324 g/mol. The average Bonchev–Trinajstić information content (AvgIpc) is 2.38. The molecule has 0 spiro atoms. The summed E-state index contributed by atoms with van der Waals surface area (Å²) in [6.45, 7) is -0.161. The lowest BCUT2D eigenvalue weighted by Crippen LogP contribution is -1.97. The number of isocyanates is 2. The molecule has 0 atom stereocenters. The quantitative estimate of drug-likeness (QED) is 0.364. The topological polar surface area (TPSA) is 58.9 Å². The lowest BCUT2D eigenvalue weighted by Gasteiger charge is -2.13. The second-order valence-electron chi connectivity index (χ2n) is 3.03. The molecule has 18 heavy (non-hydrogen) atoms. The Kier molecular flexibility index (Phi) is 5.83. The second kappa shape index (κ2) is 6.91. The lowest BCUT2D eigenvalue weighted by molar-refractivity contribution is 0.561.